The summed E-state index contributed by atoms with van der Waals surface area (Å²) in [7, 11) is 1.46. The van der Waals surface area contributed by atoms with Crippen LogP contribution in [0.2, 0.25) is 0 Å². The summed E-state index contributed by atoms with van der Waals surface area (Å²) in [5.74, 6) is 0.0499. The lowest BCUT2D eigenvalue weighted by Crippen LogP contribution is -2.49. The quantitative estimate of drug-likeness (QED) is 0.234. The molecule has 1 saturated heterocycles. The predicted octanol–water partition coefficient (Wildman–Crippen LogP) is 5.81. The zero-order valence-corrected chi connectivity index (χ0v) is 25.6. The summed E-state index contributed by atoms with van der Waals surface area (Å²) >= 11 is 0. The molecule has 0 bridgehead atoms. The van der Waals surface area contributed by atoms with Gasteiger partial charge >= 0.3 is 0 Å². The number of nitrogens with zero attached hydrogens (tertiary/aromatic N) is 5. The number of Topliss-reactive ketones (excluding diaryl/α,β-unsaturated/α-hetero) is 1. The Labute approximate surface area is 253 Å². The van der Waals surface area contributed by atoms with Crippen molar-refractivity contribution in [3.05, 3.63) is 87.3 Å². The smallest absolute Gasteiger partial charge is 0.269 e. The van der Waals surface area contributed by atoms with Gasteiger partial charge in [0.15, 0.2) is 5.82 Å². The summed E-state index contributed by atoms with van der Waals surface area (Å²) in [4.78, 5) is 19.6. The fourth-order valence-corrected chi connectivity index (χ4v) is 6.78. The average molecular weight is 578 g/mol. The fourth-order valence-electron chi connectivity index (χ4n) is 6.78. The van der Waals surface area contributed by atoms with Crippen molar-refractivity contribution in [2.75, 3.05) is 33.4 Å². The molecule has 8 nitrogen and oxygen atoms in total. The van der Waals surface area contributed by atoms with Crippen LogP contribution in [0.3, 0.4) is 0 Å². The minimum Gasteiger partial charge on any atom is -0.480 e. The molecule has 8 heteroatoms. The molecule has 0 spiro atoms. The van der Waals surface area contributed by atoms with Gasteiger partial charge in [0.05, 0.1) is 32.2 Å². The number of ketones is 1. The molecule has 2 aromatic heterocycles. The molecule has 0 amide bonds. The van der Waals surface area contributed by atoms with Crippen LogP contribution in [0.1, 0.15) is 71.4 Å². The van der Waals surface area contributed by atoms with Crippen LogP contribution in [0.5, 0.6) is 5.88 Å². The van der Waals surface area contributed by atoms with Crippen LogP contribution in [0.4, 0.5) is 0 Å². The Balaban J connectivity index is 1.20. The molecular weight excluding hydrogens is 538 g/mol. The van der Waals surface area contributed by atoms with Crippen molar-refractivity contribution in [3.8, 4) is 17.8 Å². The van der Waals surface area contributed by atoms with Gasteiger partial charge in [-0.2, -0.15) is 15.0 Å². The Bertz CT molecular complexity index is 1670. The van der Waals surface area contributed by atoms with Crippen LogP contribution in [-0.2, 0) is 24.1 Å². The van der Waals surface area contributed by atoms with Gasteiger partial charge in [-0.1, -0.05) is 36.8 Å². The lowest BCUT2D eigenvalue weighted by molar-refractivity contribution is -0.116. The van der Waals surface area contributed by atoms with Crippen LogP contribution in [0.25, 0.3) is 11.4 Å². The molecule has 0 saturated carbocycles. The zero-order valence-electron chi connectivity index (χ0n) is 25.6. The lowest BCUT2D eigenvalue weighted by Gasteiger charge is -2.43. The SMILES string of the molecule is COc1c(C(=O)C#N)cnn1-c1cccc(C2=CCCC(C)=C2CCc2cc(C)c3c(c2)CCN(CC2(C)COC2)C3)n1. The van der Waals surface area contributed by atoms with Gasteiger partial charge in [0.1, 0.15) is 11.6 Å². The fraction of sp³-hybridized carbons (Fsp3) is 0.429. The molecule has 0 radical (unpaired) electrons. The number of aryl methyl sites for hydroxylation is 2. The molecule has 222 valence electrons. The number of rotatable bonds is 9. The maximum absolute atomic E-state index is 12.1. The predicted molar refractivity (Wildman–Crippen MR) is 165 cm³/mol. The number of hydrogen-bond donors (Lipinski definition) is 0. The van der Waals surface area contributed by atoms with E-state index in [1.54, 1.807) is 6.07 Å². The number of methoxy groups -OCH3 is 1. The standard InChI is InChI=1S/C35H39N5O3/c1-23-7-5-8-28(31-9-6-10-33(38-31)40-34(42-4)29(18-37-40)32(41)17-36)27(23)12-11-25-15-24(2)30-19-39(14-13-26(30)16-25)20-35(3)21-43-22-35/h6,8-10,15-16,18H,5,7,11-14,19-22H2,1-4H3. The van der Waals surface area contributed by atoms with Crippen LogP contribution in [0, 0.1) is 23.7 Å². The van der Waals surface area contributed by atoms with Crippen molar-refractivity contribution in [1.82, 2.24) is 19.7 Å². The molecule has 2 aliphatic heterocycles. The largest absolute Gasteiger partial charge is 0.480 e. The molecule has 3 aliphatic rings. The van der Waals surface area contributed by atoms with E-state index in [4.69, 9.17) is 19.7 Å². The molecule has 4 heterocycles. The maximum atomic E-state index is 12.1. The highest BCUT2D eigenvalue weighted by atomic mass is 16.5. The summed E-state index contributed by atoms with van der Waals surface area (Å²) in [5.41, 5.74) is 11.0. The highest BCUT2D eigenvalue weighted by molar-refractivity contribution is 6.09. The highest BCUT2D eigenvalue weighted by Crippen LogP contribution is 2.36. The Morgan fingerprint density at radius 3 is 2.77 bits per heavy atom. The first kappa shape index (κ1) is 29.0. The number of carbonyl (C=O) groups excluding carboxylic acids is 1. The number of benzene rings is 1. The van der Waals surface area contributed by atoms with E-state index in [-0.39, 0.29) is 11.4 Å². The summed E-state index contributed by atoms with van der Waals surface area (Å²) < 4.78 is 12.4. The zero-order chi connectivity index (χ0) is 30.1. The van der Waals surface area contributed by atoms with E-state index in [1.165, 1.54) is 51.4 Å². The maximum Gasteiger partial charge on any atom is 0.269 e. The number of nitriles is 1. The molecular formula is C35H39N5O3. The molecule has 1 aliphatic carbocycles. The van der Waals surface area contributed by atoms with E-state index < -0.39 is 5.78 Å². The van der Waals surface area contributed by atoms with Crippen LogP contribution in [0.15, 0.2) is 53.8 Å². The summed E-state index contributed by atoms with van der Waals surface area (Å²) in [6.07, 6.45) is 8.69. The van der Waals surface area contributed by atoms with E-state index in [1.807, 2.05) is 18.2 Å². The van der Waals surface area contributed by atoms with Gasteiger partial charge in [0, 0.05) is 25.0 Å². The van der Waals surface area contributed by atoms with Crippen molar-refractivity contribution >= 4 is 11.4 Å². The minimum atomic E-state index is -0.692. The van der Waals surface area contributed by atoms with Crippen molar-refractivity contribution in [2.45, 2.75) is 59.4 Å². The second-order valence-electron chi connectivity index (χ2n) is 12.5. The average Bonchev–Trinajstić information content (AvgIpc) is 3.44. The van der Waals surface area contributed by atoms with Crippen molar-refractivity contribution in [3.63, 3.8) is 0 Å². The monoisotopic (exact) mass is 577 g/mol. The Morgan fingerprint density at radius 2 is 2.02 bits per heavy atom. The second kappa shape index (κ2) is 11.9. The minimum absolute atomic E-state index is 0.126. The number of allylic oxidation sites excluding steroid dienone is 4. The lowest BCUT2D eigenvalue weighted by atomic mass is 9.84. The van der Waals surface area contributed by atoms with Gasteiger partial charge in [0.2, 0.25) is 5.88 Å². The van der Waals surface area contributed by atoms with E-state index in [0.717, 1.165) is 76.2 Å². The molecule has 6 rings (SSSR count). The second-order valence-corrected chi connectivity index (χ2v) is 12.5. The van der Waals surface area contributed by atoms with Crippen molar-refractivity contribution < 1.29 is 14.3 Å². The summed E-state index contributed by atoms with van der Waals surface area (Å²) in [6.45, 7) is 11.8. The van der Waals surface area contributed by atoms with Crippen LogP contribution in [-0.4, -0.2) is 58.9 Å². The van der Waals surface area contributed by atoms with Crippen LogP contribution < -0.4 is 4.74 Å². The third-order valence-corrected chi connectivity index (χ3v) is 9.07. The Kier molecular flexibility index (Phi) is 8.04. The number of fused-ring (bicyclic) bond motifs is 1. The Morgan fingerprint density at radius 1 is 1.19 bits per heavy atom. The number of aromatic nitrogens is 3. The van der Waals surface area contributed by atoms with E-state index >= 15 is 0 Å². The number of ether oxygens (including phenoxy) is 2. The van der Waals surface area contributed by atoms with E-state index in [0.29, 0.717) is 11.2 Å². The third-order valence-electron chi connectivity index (χ3n) is 9.07. The summed E-state index contributed by atoms with van der Waals surface area (Å²) in [6, 6.07) is 12.3. The van der Waals surface area contributed by atoms with Crippen molar-refractivity contribution in [2.24, 2.45) is 5.41 Å². The Hall–Kier alpha value is -4.06. The van der Waals surface area contributed by atoms with Gasteiger partial charge in [-0.05, 0) is 91.5 Å². The highest BCUT2D eigenvalue weighted by Gasteiger charge is 2.36. The van der Waals surface area contributed by atoms with Crippen LogP contribution >= 0.6 is 0 Å². The number of hydrogen-bond acceptors (Lipinski definition) is 7. The first-order valence-corrected chi connectivity index (χ1v) is 15.1. The van der Waals surface area contributed by atoms with Gasteiger partial charge in [0.25, 0.3) is 5.78 Å². The normalized spacial score (nSPS) is 18.0. The first-order valence-electron chi connectivity index (χ1n) is 15.1. The molecule has 1 fully saturated rings. The first-order chi connectivity index (χ1) is 20.8. The van der Waals surface area contributed by atoms with E-state index in [9.17, 15) is 4.79 Å². The van der Waals surface area contributed by atoms with Gasteiger partial charge in [-0.15, -0.1) is 0 Å². The molecule has 1 aromatic carbocycles. The molecule has 3 aromatic rings. The topological polar surface area (TPSA) is 93.3 Å². The number of pyridine rings is 1. The molecule has 0 unspecified atom stereocenters. The molecule has 0 N–H and O–H groups in total. The van der Waals surface area contributed by atoms with Crippen molar-refractivity contribution in [1.29, 1.82) is 5.26 Å². The third kappa shape index (κ3) is 5.80. The van der Waals surface area contributed by atoms with Gasteiger partial charge in [-0.25, -0.2) is 4.98 Å². The number of carbonyl (C=O) groups is 1. The van der Waals surface area contributed by atoms with Gasteiger partial charge in [-0.3, -0.25) is 9.69 Å². The van der Waals surface area contributed by atoms with Gasteiger partial charge < -0.3 is 9.47 Å². The molecule has 0 atom stereocenters. The summed E-state index contributed by atoms with van der Waals surface area (Å²) in [5, 5.41) is 13.4. The molecule has 43 heavy (non-hydrogen) atoms. The van der Waals surface area contributed by atoms with E-state index in [2.05, 4.69) is 49.0 Å².